The van der Waals surface area contributed by atoms with Gasteiger partial charge in [-0.05, 0) is 53.6 Å². The summed E-state index contributed by atoms with van der Waals surface area (Å²) in [5.74, 6) is 0.847. The molecule has 0 amide bonds. The van der Waals surface area contributed by atoms with Gasteiger partial charge in [-0.1, -0.05) is 41.4 Å². The van der Waals surface area contributed by atoms with Crippen LogP contribution < -0.4 is 9.47 Å². The zero-order chi connectivity index (χ0) is 21.5. The van der Waals surface area contributed by atoms with Crippen molar-refractivity contribution >= 4 is 35.1 Å². The van der Waals surface area contributed by atoms with E-state index in [4.69, 9.17) is 32.7 Å². The van der Waals surface area contributed by atoms with Gasteiger partial charge in [-0.15, -0.1) is 0 Å². The number of benzene rings is 3. The SMILES string of the molecule is O=C1/C(=C/c2ccc(F)cc2)Oc2c1ccc1c2CN(Cc2ccc(Cl)cc2Cl)CO1. The standard InChI is InChI=1S/C24H16Cl2FNO3/c25-16-4-3-15(20(26)10-16)11-28-12-19-21(30-13-28)8-7-18-23(29)22(31-24(18)19)9-14-1-5-17(27)6-2-14/h1-10H,11-13H2/b22-9-. The maximum atomic E-state index is 13.2. The molecule has 5 rings (SSSR count). The molecule has 0 saturated heterocycles. The van der Waals surface area contributed by atoms with Gasteiger partial charge in [0.2, 0.25) is 5.78 Å². The largest absolute Gasteiger partial charge is 0.478 e. The minimum atomic E-state index is -0.337. The van der Waals surface area contributed by atoms with Crippen molar-refractivity contribution in [3.05, 3.63) is 98.5 Å². The first-order valence-corrected chi connectivity index (χ1v) is 10.4. The molecule has 0 N–H and O–H groups in total. The molecular weight excluding hydrogens is 440 g/mol. The monoisotopic (exact) mass is 455 g/mol. The Morgan fingerprint density at radius 3 is 2.65 bits per heavy atom. The lowest BCUT2D eigenvalue weighted by molar-refractivity contribution is 0.0873. The second-order valence-corrected chi connectivity index (χ2v) is 8.25. The number of hydrogen-bond donors (Lipinski definition) is 0. The van der Waals surface area contributed by atoms with Crippen molar-refractivity contribution in [2.24, 2.45) is 0 Å². The van der Waals surface area contributed by atoms with Crippen molar-refractivity contribution in [1.29, 1.82) is 0 Å². The van der Waals surface area contributed by atoms with E-state index >= 15 is 0 Å². The molecule has 4 nitrogen and oxygen atoms in total. The van der Waals surface area contributed by atoms with Crippen molar-refractivity contribution in [2.45, 2.75) is 13.1 Å². The average Bonchev–Trinajstić information content (AvgIpc) is 3.08. The zero-order valence-electron chi connectivity index (χ0n) is 16.2. The van der Waals surface area contributed by atoms with Crippen LogP contribution in [0.5, 0.6) is 11.5 Å². The molecule has 156 valence electrons. The maximum Gasteiger partial charge on any atom is 0.231 e. The number of fused-ring (bicyclic) bond motifs is 3. The summed E-state index contributed by atoms with van der Waals surface area (Å²) in [6.45, 7) is 1.48. The van der Waals surface area contributed by atoms with Gasteiger partial charge in [0.05, 0.1) is 11.1 Å². The van der Waals surface area contributed by atoms with Crippen LogP contribution in [-0.2, 0) is 13.1 Å². The fourth-order valence-electron chi connectivity index (χ4n) is 3.71. The van der Waals surface area contributed by atoms with Crippen molar-refractivity contribution in [2.75, 3.05) is 6.73 Å². The molecule has 0 atom stereocenters. The summed E-state index contributed by atoms with van der Waals surface area (Å²) in [7, 11) is 0. The van der Waals surface area contributed by atoms with E-state index in [-0.39, 0.29) is 17.4 Å². The summed E-state index contributed by atoms with van der Waals surface area (Å²) in [5, 5.41) is 1.17. The third kappa shape index (κ3) is 3.92. The molecule has 0 aromatic heterocycles. The second kappa shape index (κ2) is 8.00. The van der Waals surface area contributed by atoms with E-state index < -0.39 is 0 Å². The normalized spacial score (nSPS) is 16.6. The second-order valence-electron chi connectivity index (χ2n) is 7.41. The van der Waals surface area contributed by atoms with Crippen molar-refractivity contribution in [1.82, 2.24) is 4.90 Å². The van der Waals surface area contributed by atoms with Gasteiger partial charge in [-0.2, -0.15) is 0 Å². The molecule has 0 bridgehead atoms. The van der Waals surface area contributed by atoms with Gasteiger partial charge in [0, 0.05) is 23.1 Å². The van der Waals surface area contributed by atoms with Gasteiger partial charge in [-0.25, -0.2) is 4.39 Å². The van der Waals surface area contributed by atoms with Gasteiger partial charge in [0.15, 0.2) is 5.76 Å². The first kappa shape index (κ1) is 20.1. The Kier molecular flexibility index (Phi) is 5.18. The first-order valence-electron chi connectivity index (χ1n) is 9.63. The van der Waals surface area contributed by atoms with E-state index in [0.29, 0.717) is 52.5 Å². The van der Waals surface area contributed by atoms with Crippen LogP contribution >= 0.6 is 23.2 Å². The molecule has 7 heteroatoms. The first-order chi connectivity index (χ1) is 15.0. The number of ether oxygens (including phenoxy) is 2. The maximum absolute atomic E-state index is 13.2. The molecule has 2 aliphatic heterocycles. The Morgan fingerprint density at radius 1 is 1.06 bits per heavy atom. The van der Waals surface area contributed by atoms with Crippen molar-refractivity contribution in [3.63, 3.8) is 0 Å². The minimum absolute atomic E-state index is 0.202. The number of Topliss-reactive ketones (excluding diaryl/α,β-unsaturated/α-hetero) is 1. The number of carbonyl (C=O) groups is 1. The molecule has 2 aliphatic rings. The van der Waals surface area contributed by atoms with E-state index in [9.17, 15) is 9.18 Å². The highest BCUT2D eigenvalue weighted by Gasteiger charge is 2.33. The van der Waals surface area contributed by atoms with Gasteiger partial charge < -0.3 is 9.47 Å². The molecular formula is C24H16Cl2FNO3. The van der Waals surface area contributed by atoms with Crippen LogP contribution in [0.15, 0.2) is 60.4 Å². The smallest absolute Gasteiger partial charge is 0.231 e. The van der Waals surface area contributed by atoms with Crippen LogP contribution in [0.1, 0.15) is 27.0 Å². The number of carbonyl (C=O) groups excluding carboxylic acids is 1. The Hall–Kier alpha value is -2.86. The molecule has 3 aromatic rings. The summed E-state index contributed by atoms with van der Waals surface area (Å²) >= 11 is 12.3. The third-order valence-corrected chi connectivity index (χ3v) is 5.85. The van der Waals surface area contributed by atoms with Crippen molar-refractivity contribution < 1.29 is 18.7 Å². The molecule has 2 heterocycles. The summed E-state index contributed by atoms with van der Waals surface area (Å²) in [5.41, 5.74) is 2.91. The number of nitrogens with zero attached hydrogens (tertiary/aromatic N) is 1. The van der Waals surface area contributed by atoms with Crippen LogP contribution in [0.2, 0.25) is 10.0 Å². The van der Waals surface area contributed by atoms with E-state index in [1.165, 1.54) is 12.1 Å². The number of ketones is 1. The third-order valence-electron chi connectivity index (χ3n) is 5.26. The van der Waals surface area contributed by atoms with Gasteiger partial charge >= 0.3 is 0 Å². The number of rotatable bonds is 3. The average molecular weight is 456 g/mol. The lowest BCUT2D eigenvalue weighted by Crippen LogP contribution is -2.31. The predicted molar refractivity (Wildman–Crippen MR) is 117 cm³/mol. The van der Waals surface area contributed by atoms with Gasteiger partial charge in [0.1, 0.15) is 24.0 Å². The van der Waals surface area contributed by atoms with Crippen molar-refractivity contribution in [3.8, 4) is 11.5 Å². The zero-order valence-corrected chi connectivity index (χ0v) is 17.7. The van der Waals surface area contributed by atoms with Gasteiger partial charge in [0.25, 0.3) is 0 Å². The summed E-state index contributed by atoms with van der Waals surface area (Å²) in [6, 6.07) is 14.8. The fourth-order valence-corrected chi connectivity index (χ4v) is 4.18. The quantitative estimate of drug-likeness (QED) is 0.447. The number of allylic oxidation sites excluding steroid dienone is 1. The van der Waals surface area contributed by atoms with Gasteiger partial charge in [-0.3, -0.25) is 9.69 Å². The van der Waals surface area contributed by atoms with E-state index in [1.807, 2.05) is 6.07 Å². The summed E-state index contributed by atoms with van der Waals surface area (Å²) in [4.78, 5) is 14.9. The molecule has 31 heavy (non-hydrogen) atoms. The Balaban J connectivity index is 1.42. The Morgan fingerprint density at radius 2 is 1.87 bits per heavy atom. The highest BCUT2D eigenvalue weighted by Crippen LogP contribution is 2.42. The number of halogens is 3. The highest BCUT2D eigenvalue weighted by molar-refractivity contribution is 6.35. The summed E-state index contributed by atoms with van der Waals surface area (Å²) < 4.78 is 25.0. The molecule has 0 saturated carbocycles. The molecule has 0 radical (unpaired) electrons. The minimum Gasteiger partial charge on any atom is -0.478 e. The molecule has 0 unspecified atom stereocenters. The van der Waals surface area contributed by atoms with E-state index in [0.717, 1.165) is 11.1 Å². The molecule has 0 aliphatic carbocycles. The lowest BCUT2D eigenvalue weighted by atomic mass is 10.0. The molecule has 0 fully saturated rings. The Bertz CT molecular complexity index is 1220. The van der Waals surface area contributed by atoms with E-state index in [2.05, 4.69) is 4.90 Å². The number of hydrogen-bond acceptors (Lipinski definition) is 4. The van der Waals surface area contributed by atoms with Crippen LogP contribution in [-0.4, -0.2) is 17.4 Å². The van der Waals surface area contributed by atoms with Crippen LogP contribution in [0, 0.1) is 5.82 Å². The summed E-state index contributed by atoms with van der Waals surface area (Å²) in [6.07, 6.45) is 1.61. The van der Waals surface area contributed by atoms with E-state index in [1.54, 1.807) is 42.5 Å². The Labute approximate surface area is 188 Å². The predicted octanol–water partition coefficient (Wildman–Crippen LogP) is 6.10. The van der Waals surface area contributed by atoms with Crippen LogP contribution in [0.25, 0.3) is 6.08 Å². The van der Waals surface area contributed by atoms with Crippen LogP contribution in [0.4, 0.5) is 4.39 Å². The molecule has 0 spiro atoms. The van der Waals surface area contributed by atoms with Crippen LogP contribution in [0.3, 0.4) is 0 Å². The topological polar surface area (TPSA) is 38.8 Å². The highest BCUT2D eigenvalue weighted by atomic mass is 35.5. The fraction of sp³-hybridized carbons (Fsp3) is 0.125. The lowest BCUT2D eigenvalue weighted by Gasteiger charge is -2.30. The molecule has 3 aromatic carbocycles.